The van der Waals surface area contributed by atoms with E-state index in [1.165, 1.54) is 0 Å². The van der Waals surface area contributed by atoms with E-state index < -0.39 is 33.9 Å². The minimum atomic E-state index is -4.08. The van der Waals surface area contributed by atoms with E-state index in [4.69, 9.17) is 9.88 Å². The number of nitrogens with two attached hydrogens (primary N) is 1. The van der Waals surface area contributed by atoms with Crippen LogP contribution in [0.2, 0.25) is 0 Å². The summed E-state index contributed by atoms with van der Waals surface area (Å²) in [5.41, 5.74) is -0.269. The smallest absolute Gasteiger partial charge is 0.355 e. The highest BCUT2D eigenvalue weighted by molar-refractivity contribution is 7.89. The van der Waals surface area contributed by atoms with Crippen LogP contribution in [0.5, 0.6) is 0 Å². The van der Waals surface area contributed by atoms with Crippen LogP contribution in [0.25, 0.3) is 0 Å². The molecule has 0 radical (unpaired) electrons. The van der Waals surface area contributed by atoms with E-state index in [9.17, 15) is 22.0 Å². The summed E-state index contributed by atoms with van der Waals surface area (Å²) in [6.07, 6.45) is -1.85. The van der Waals surface area contributed by atoms with E-state index in [1.807, 2.05) is 0 Å². The first-order chi connectivity index (χ1) is 9.11. The Balaban J connectivity index is 3.09. The molecule has 1 heterocycles. The number of aromatic nitrogens is 1. The van der Waals surface area contributed by atoms with Crippen molar-refractivity contribution in [3.63, 3.8) is 0 Å². The molecule has 0 saturated heterocycles. The van der Waals surface area contributed by atoms with Gasteiger partial charge in [0.1, 0.15) is 10.6 Å². The highest BCUT2D eigenvalue weighted by Crippen LogP contribution is 2.16. The summed E-state index contributed by atoms with van der Waals surface area (Å²) < 4.78 is 53.0. The molecule has 0 aliphatic heterocycles. The molecule has 9 heteroatoms. The van der Waals surface area contributed by atoms with Gasteiger partial charge in [0.2, 0.25) is 10.0 Å². The van der Waals surface area contributed by atoms with Crippen LogP contribution >= 0.6 is 0 Å². The van der Waals surface area contributed by atoms with E-state index in [2.05, 4.69) is 0 Å². The van der Waals surface area contributed by atoms with E-state index in [0.29, 0.717) is 0 Å². The maximum Gasteiger partial charge on any atom is 0.355 e. The Morgan fingerprint density at radius 1 is 1.45 bits per heavy atom. The Kier molecular flexibility index (Phi) is 5.23. The Bertz CT molecular complexity index is 581. The Hall–Kier alpha value is -1.48. The van der Waals surface area contributed by atoms with Gasteiger partial charge in [-0.05, 0) is 12.0 Å². The number of ether oxygens (including phenoxy) is 1. The standard InChI is InChI=1S/C11H16F2N2O4S/c1-7(2)6-19-11(16)9-3-8(20(14,17)18)4-15(9)5-10(12)13/h3-4,7,10H,5-6H2,1-2H3,(H2,14,17,18). The number of carbonyl (C=O) groups excluding carboxylic acids is 1. The van der Waals surface area contributed by atoms with Crippen molar-refractivity contribution in [2.24, 2.45) is 11.1 Å². The largest absolute Gasteiger partial charge is 0.461 e. The number of nitrogens with zero attached hydrogens (tertiary/aromatic N) is 1. The van der Waals surface area contributed by atoms with Gasteiger partial charge in [0.05, 0.1) is 13.2 Å². The van der Waals surface area contributed by atoms with Crippen LogP contribution in [0, 0.1) is 5.92 Å². The van der Waals surface area contributed by atoms with Gasteiger partial charge in [-0.1, -0.05) is 13.8 Å². The molecule has 1 aromatic rings. The Labute approximate surface area is 115 Å². The summed E-state index contributed by atoms with van der Waals surface area (Å²) in [6, 6.07) is 0.931. The van der Waals surface area contributed by atoms with E-state index in [-0.39, 0.29) is 18.2 Å². The lowest BCUT2D eigenvalue weighted by Crippen LogP contribution is -2.16. The third-order valence-corrected chi connectivity index (χ3v) is 3.17. The summed E-state index contributed by atoms with van der Waals surface area (Å²) in [6.45, 7) is 2.90. The number of hydrogen-bond donors (Lipinski definition) is 1. The van der Waals surface area contributed by atoms with Crippen LogP contribution in [0.15, 0.2) is 17.2 Å². The fraction of sp³-hybridized carbons (Fsp3) is 0.545. The summed E-state index contributed by atoms with van der Waals surface area (Å²) in [5, 5.41) is 4.91. The van der Waals surface area contributed by atoms with Crippen LogP contribution in [0.4, 0.5) is 8.78 Å². The summed E-state index contributed by atoms with van der Waals surface area (Å²) >= 11 is 0. The topological polar surface area (TPSA) is 91.4 Å². The van der Waals surface area contributed by atoms with Gasteiger partial charge in [0.15, 0.2) is 0 Å². The fourth-order valence-corrected chi connectivity index (χ4v) is 1.98. The maximum atomic E-state index is 12.4. The summed E-state index contributed by atoms with van der Waals surface area (Å²) in [4.78, 5) is 11.4. The molecule has 6 nitrogen and oxygen atoms in total. The predicted octanol–water partition coefficient (Wildman–Crippen LogP) is 1.21. The molecule has 0 aliphatic carbocycles. The van der Waals surface area contributed by atoms with Gasteiger partial charge in [-0.3, -0.25) is 0 Å². The average molecular weight is 310 g/mol. The number of sulfonamides is 1. The molecular formula is C11H16F2N2O4S. The first-order valence-corrected chi connectivity index (χ1v) is 7.34. The summed E-state index contributed by atoms with van der Waals surface area (Å²) in [7, 11) is -4.08. The zero-order valence-corrected chi connectivity index (χ0v) is 11.9. The van der Waals surface area contributed by atoms with Gasteiger partial charge < -0.3 is 9.30 Å². The zero-order chi connectivity index (χ0) is 15.5. The molecule has 0 fully saturated rings. The van der Waals surface area contributed by atoms with Crippen molar-refractivity contribution in [1.82, 2.24) is 4.57 Å². The van der Waals surface area contributed by atoms with Gasteiger partial charge in [-0.2, -0.15) is 0 Å². The molecule has 0 aliphatic rings. The second-order valence-electron chi connectivity index (χ2n) is 4.64. The number of carbonyl (C=O) groups is 1. The van der Waals surface area contributed by atoms with Crippen molar-refractivity contribution in [1.29, 1.82) is 0 Å². The first kappa shape index (κ1) is 16.6. The number of primary sulfonamides is 1. The molecule has 0 amide bonds. The SMILES string of the molecule is CC(C)COC(=O)c1cc(S(N)(=O)=O)cn1CC(F)F. The first-order valence-electron chi connectivity index (χ1n) is 5.79. The molecule has 1 rings (SSSR count). The van der Waals surface area contributed by atoms with Gasteiger partial charge in [0.25, 0.3) is 6.43 Å². The number of alkyl halides is 2. The highest BCUT2D eigenvalue weighted by atomic mass is 32.2. The third-order valence-electron chi connectivity index (χ3n) is 2.29. The lowest BCUT2D eigenvalue weighted by atomic mass is 10.2. The quantitative estimate of drug-likeness (QED) is 0.800. The van der Waals surface area contributed by atoms with Crippen LogP contribution in [-0.2, 0) is 21.3 Å². The van der Waals surface area contributed by atoms with Gasteiger partial charge in [0, 0.05) is 6.20 Å². The maximum absolute atomic E-state index is 12.4. The third kappa shape index (κ3) is 4.57. The normalized spacial score (nSPS) is 12.2. The Morgan fingerprint density at radius 3 is 2.50 bits per heavy atom. The van der Waals surface area contributed by atoms with Gasteiger partial charge in [-0.15, -0.1) is 0 Å². The molecule has 0 unspecified atom stereocenters. The van der Waals surface area contributed by atoms with Crippen LogP contribution in [0.3, 0.4) is 0 Å². The monoisotopic (exact) mass is 310 g/mol. The molecule has 0 saturated carbocycles. The number of rotatable bonds is 6. The number of halogens is 2. The van der Waals surface area contributed by atoms with E-state index >= 15 is 0 Å². The van der Waals surface area contributed by atoms with Crippen molar-refractivity contribution in [3.8, 4) is 0 Å². The Morgan fingerprint density at radius 2 is 2.05 bits per heavy atom. The molecule has 2 N–H and O–H groups in total. The molecule has 0 spiro atoms. The van der Waals surface area contributed by atoms with Crippen molar-refractivity contribution in [3.05, 3.63) is 18.0 Å². The fourth-order valence-electron chi connectivity index (χ4n) is 1.43. The molecular weight excluding hydrogens is 294 g/mol. The molecule has 1 aromatic heterocycles. The van der Waals surface area contributed by atoms with Crippen LogP contribution in [0.1, 0.15) is 24.3 Å². The van der Waals surface area contributed by atoms with Gasteiger partial charge >= 0.3 is 5.97 Å². The van der Waals surface area contributed by atoms with Crippen LogP contribution < -0.4 is 5.14 Å². The average Bonchev–Trinajstić information content (AvgIpc) is 2.68. The second kappa shape index (κ2) is 6.31. The predicted molar refractivity (Wildman–Crippen MR) is 66.9 cm³/mol. The number of esters is 1. The zero-order valence-electron chi connectivity index (χ0n) is 11.0. The highest BCUT2D eigenvalue weighted by Gasteiger charge is 2.22. The lowest BCUT2D eigenvalue weighted by Gasteiger charge is -2.09. The van der Waals surface area contributed by atoms with Crippen molar-refractivity contribution in [2.45, 2.75) is 31.7 Å². The van der Waals surface area contributed by atoms with Crippen molar-refractivity contribution < 1.29 is 26.7 Å². The number of hydrogen-bond acceptors (Lipinski definition) is 4. The summed E-state index contributed by atoms with van der Waals surface area (Å²) in [5.74, 6) is -0.801. The van der Waals surface area contributed by atoms with E-state index in [0.717, 1.165) is 16.8 Å². The molecule has 0 aromatic carbocycles. The minimum Gasteiger partial charge on any atom is -0.461 e. The molecule has 0 bridgehead atoms. The molecule has 0 atom stereocenters. The second-order valence-corrected chi connectivity index (χ2v) is 6.20. The van der Waals surface area contributed by atoms with Crippen LogP contribution in [-0.4, -0.2) is 32.0 Å². The lowest BCUT2D eigenvalue weighted by molar-refractivity contribution is 0.0439. The van der Waals surface area contributed by atoms with E-state index in [1.54, 1.807) is 13.8 Å². The van der Waals surface area contributed by atoms with Crippen molar-refractivity contribution >= 4 is 16.0 Å². The molecule has 114 valence electrons. The van der Waals surface area contributed by atoms with Crippen molar-refractivity contribution in [2.75, 3.05) is 6.61 Å². The minimum absolute atomic E-state index is 0.0650. The molecule has 20 heavy (non-hydrogen) atoms. The van der Waals surface area contributed by atoms with Gasteiger partial charge in [-0.25, -0.2) is 27.1 Å².